The Labute approximate surface area is 127 Å². The Kier molecular flexibility index (Phi) is 4.88. The molecule has 0 radical (unpaired) electrons. The first-order chi connectivity index (χ1) is 9.87. The number of rotatable bonds is 3. The van der Waals surface area contributed by atoms with E-state index in [2.05, 4.69) is 19.1 Å². The van der Waals surface area contributed by atoms with E-state index in [1.807, 2.05) is 39.0 Å². The molecule has 4 heteroatoms. The molecular formula is C17H25NO3. The summed E-state index contributed by atoms with van der Waals surface area (Å²) < 4.78 is 11.2. The molecule has 21 heavy (non-hydrogen) atoms. The number of amides is 1. The van der Waals surface area contributed by atoms with E-state index in [1.54, 1.807) is 4.90 Å². The fourth-order valence-electron chi connectivity index (χ4n) is 2.56. The predicted octanol–water partition coefficient (Wildman–Crippen LogP) is 3.46. The first-order valence-corrected chi connectivity index (χ1v) is 7.52. The summed E-state index contributed by atoms with van der Waals surface area (Å²) in [4.78, 5) is 14.0. The smallest absolute Gasteiger partial charge is 0.412 e. The highest BCUT2D eigenvalue weighted by Crippen LogP contribution is 2.24. The van der Waals surface area contributed by atoms with Crippen molar-refractivity contribution < 1.29 is 14.3 Å². The third-order valence-corrected chi connectivity index (χ3v) is 3.44. The SMILES string of the molecule is CC(Cc1ccccc1)C1OCCN1C(=O)OC(C)(C)C. The fraction of sp³-hybridized carbons (Fsp3) is 0.588. The molecule has 1 heterocycles. The molecular weight excluding hydrogens is 266 g/mol. The van der Waals surface area contributed by atoms with Gasteiger partial charge in [-0.05, 0) is 32.8 Å². The molecule has 2 rings (SSSR count). The summed E-state index contributed by atoms with van der Waals surface area (Å²) in [6.07, 6.45) is 0.384. The Bertz CT molecular complexity index is 467. The zero-order valence-corrected chi connectivity index (χ0v) is 13.3. The molecule has 1 aliphatic heterocycles. The lowest BCUT2D eigenvalue weighted by Crippen LogP contribution is -2.43. The van der Waals surface area contributed by atoms with E-state index in [1.165, 1.54) is 5.56 Å². The van der Waals surface area contributed by atoms with Gasteiger partial charge in [-0.3, -0.25) is 4.90 Å². The van der Waals surface area contributed by atoms with E-state index < -0.39 is 5.60 Å². The molecule has 0 bridgehead atoms. The van der Waals surface area contributed by atoms with Crippen molar-refractivity contribution in [1.29, 1.82) is 0 Å². The van der Waals surface area contributed by atoms with Crippen molar-refractivity contribution >= 4 is 6.09 Å². The molecule has 1 amide bonds. The summed E-state index contributed by atoms with van der Waals surface area (Å²) in [6.45, 7) is 8.92. The third kappa shape index (κ3) is 4.46. The number of hydrogen-bond acceptors (Lipinski definition) is 3. The quantitative estimate of drug-likeness (QED) is 0.856. The first kappa shape index (κ1) is 15.8. The van der Waals surface area contributed by atoms with Gasteiger partial charge < -0.3 is 9.47 Å². The average molecular weight is 291 g/mol. The van der Waals surface area contributed by atoms with Gasteiger partial charge in [0.2, 0.25) is 0 Å². The third-order valence-electron chi connectivity index (χ3n) is 3.44. The van der Waals surface area contributed by atoms with E-state index in [9.17, 15) is 4.79 Å². The van der Waals surface area contributed by atoms with Crippen LogP contribution in [0.15, 0.2) is 30.3 Å². The molecule has 4 nitrogen and oxygen atoms in total. The van der Waals surface area contributed by atoms with Gasteiger partial charge in [0, 0.05) is 5.92 Å². The standard InChI is InChI=1S/C17H25NO3/c1-13(12-14-8-6-5-7-9-14)15-18(10-11-20-15)16(19)21-17(2,3)4/h5-9,13,15H,10-12H2,1-4H3. The molecule has 116 valence electrons. The summed E-state index contributed by atoms with van der Waals surface area (Å²) in [6, 6.07) is 10.3. The number of carbonyl (C=O) groups excluding carboxylic acids is 1. The Morgan fingerprint density at radius 3 is 2.67 bits per heavy atom. The molecule has 2 atom stereocenters. The number of nitrogens with zero attached hydrogens (tertiary/aromatic N) is 1. The molecule has 1 aromatic rings. The Morgan fingerprint density at radius 2 is 2.05 bits per heavy atom. The number of carbonyl (C=O) groups is 1. The van der Waals surface area contributed by atoms with Gasteiger partial charge in [-0.25, -0.2) is 4.79 Å². The van der Waals surface area contributed by atoms with E-state index in [0.717, 1.165) is 6.42 Å². The summed E-state index contributed by atoms with van der Waals surface area (Å²) in [7, 11) is 0. The Hall–Kier alpha value is -1.55. The summed E-state index contributed by atoms with van der Waals surface area (Å²) >= 11 is 0. The Balaban J connectivity index is 1.99. The van der Waals surface area contributed by atoms with Gasteiger partial charge in [-0.1, -0.05) is 37.3 Å². The van der Waals surface area contributed by atoms with Gasteiger partial charge in [0.1, 0.15) is 11.8 Å². The summed E-state index contributed by atoms with van der Waals surface area (Å²) in [5.74, 6) is 0.224. The van der Waals surface area contributed by atoms with Crippen molar-refractivity contribution in [3.8, 4) is 0 Å². The maximum Gasteiger partial charge on any atom is 0.412 e. The van der Waals surface area contributed by atoms with Crippen molar-refractivity contribution in [3.05, 3.63) is 35.9 Å². The van der Waals surface area contributed by atoms with Crippen LogP contribution in [0.25, 0.3) is 0 Å². The molecule has 0 aliphatic carbocycles. The van der Waals surface area contributed by atoms with Gasteiger partial charge in [0.05, 0.1) is 13.2 Å². The second-order valence-corrected chi connectivity index (χ2v) is 6.60. The molecule has 1 fully saturated rings. The molecule has 0 N–H and O–H groups in total. The number of benzene rings is 1. The summed E-state index contributed by atoms with van der Waals surface area (Å²) in [5.41, 5.74) is 0.775. The molecule has 1 saturated heterocycles. The van der Waals surface area contributed by atoms with Crippen LogP contribution in [-0.2, 0) is 15.9 Å². The lowest BCUT2D eigenvalue weighted by Gasteiger charge is -2.30. The van der Waals surface area contributed by atoms with Gasteiger partial charge in [0.15, 0.2) is 0 Å². The van der Waals surface area contributed by atoms with Crippen LogP contribution >= 0.6 is 0 Å². The van der Waals surface area contributed by atoms with Crippen molar-refractivity contribution in [2.45, 2.75) is 45.9 Å². The van der Waals surface area contributed by atoms with Crippen molar-refractivity contribution in [2.75, 3.05) is 13.2 Å². The monoisotopic (exact) mass is 291 g/mol. The minimum Gasteiger partial charge on any atom is -0.444 e. The number of hydrogen-bond donors (Lipinski definition) is 0. The van der Waals surface area contributed by atoms with Crippen molar-refractivity contribution in [3.63, 3.8) is 0 Å². The highest BCUT2D eigenvalue weighted by Gasteiger charge is 2.36. The average Bonchev–Trinajstić information content (AvgIpc) is 2.87. The van der Waals surface area contributed by atoms with Crippen LogP contribution in [0.1, 0.15) is 33.3 Å². The molecule has 1 aromatic carbocycles. The van der Waals surface area contributed by atoms with Crippen molar-refractivity contribution in [1.82, 2.24) is 4.90 Å². The Morgan fingerprint density at radius 1 is 1.38 bits per heavy atom. The maximum atomic E-state index is 12.3. The van der Waals surface area contributed by atoms with E-state index >= 15 is 0 Å². The molecule has 1 aliphatic rings. The zero-order valence-electron chi connectivity index (χ0n) is 13.3. The number of ether oxygens (including phenoxy) is 2. The second kappa shape index (κ2) is 6.48. The first-order valence-electron chi connectivity index (χ1n) is 7.52. The minimum atomic E-state index is -0.479. The van der Waals surface area contributed by atoms with Crippen LogP contribution in [0.4, 0.5) is 4.79 Å². The topological polar surface area (TPSA) is 38.8 Å². The largest absolute Gasteiger partial charge is 0.444 e. The van der Waals surface area contributed by atoms with Gasteiger partial charge in [-0.2, -0.15) is 0 Å². The van der Waals surface area contributed by atoms with Gasteiger partial charge in [-0.15, -0.1) is 0 Å². The molecule has 0 spiro atoms. The van der Waals surface area contributed by atoms with Crippen LogP contribution in [0, 0.1) is 5.92 Å². The van der Waals surface area contributed by atoms with Crippen LogP contribution in [0.2, 0.25) is 0 Å². The normalized spacial score (nSPS) is 20.4. The van der Waals surface area contributed by atoms with E-state index in [4.69, 9.17) is 9.47 Å². The van der Waals surface area contributed by atoms with Crippen LogP contribution in [0.3, 0.4) is 0 Å². The lowest BCUT2D eigenvalue weighted by molar-refractivity contribution is -0.0295. The molecule has 2 unspecified atom stereocenters. The van der Waals surface area contributed by atoms with E-state index in [-0.39, 0.29) is 18.2 Å². The van der Waals surface area contributed by atoms with Crippen LogP contribution in [0.5, 0.6) is 0 Å². The zero-order chi connectivity index (χ0) is 15.5. The molecule has 0 aromatic heterocycles. The highest BCUT2D eigenvalue weighted by atomic mass is 16.6. The van der Waals surface area contributed by atoms with Crippen molar-refractivity contribution in [2.24, 2.45) is 5.92 Å². The fourth-order valence-corrected chi connectivity index (χ4v) is 2.56. The maximum absolute atomic E-state index is 12.3. The minimum absolute atomic E-state index is 0.208. The summed E-state index contributed by atoms with van der Waals surface area (Å²) in [5, 5.41) is 0. The van der Waals surface area contributed by atoms with Gasteiger partial charge in [0.25, 0.3) is 0 Å². The van der Waals surface area contributed by atoms with Crippen LogP contribution < -0.4 is 0 Å². The van der Waals surface area contributed by atoms with Crippen LogP contribution in [-0.4, -0.2) is 36.0 Å². The highest BCUT2D eigenvalue weighted by molar-refractivity contribution is 5.68. The predicted molar refractivity (Wildman–Crippen MR) is 82.0 cm³/mol. The molecule has 0 saturated carbocycles. The second-order valence-electron chi connectivity index (χ2n) is 6.60. The van der Waals surface area contributed by atoms with E-state index in [0.29, 0.717) is 13.2 Å². The lowest BCUT2D eigenvalue weighted by atomic mass is 9.99. The van der Waals surface area contributed by atoms with Gasteiger partial charge >= 0.3 is 6.09 Å².